The Hall–Kier alpha value is -0.970. The first-order valence-electron chi connectivity index (χ1n) is 3.25. The number of hydrogen-bond donors (Lipinski definition) is 1. The van der Waals surface area contributed by atoms with Crippen molar-refractivity contribution in [1.29, 1.82) is 0 Å². The maximum Gasteiger partial charge on any atom is 0.270 e. The van der Waals surface area contributed by atoms with Crippen molar-refractivity contribution in [3.63, 3.8) is 0 Å². The van der Waals surface area contributed by atoms with Crippen LogP contribution in [0.3, 0.4) is 0 Å². The highest BCUT2D eigenvalue weighted by Crippen LogP contribution is 2.20. The average molecular weight is 171 g/mol. The van der Waals surface area contributed by atoms with E-state index in [1.54, 1.807) is 0 Å². The van der Waals surface area contributed by atoms with E-state index in [9.17, 15) is 4.79 Å². The molecule has 1 rings (SSSR count). The lowest BCUT2D eigenvalue weighted by Gasteiger charge is -1.98. The number of primary amides is 1. The molecule has 0 bridgehead atoms. The smallest absolute Gasteiger partial charge is 0.270 e. The highest BCUT2D eigenvalue weighted by Gasteiger charge is 2.15. The Morgan fingerprint density at radius 1 is 1.64 bits per heavy atom. The second-order valence-corrected chi connectivity index (χ2v) is 3.29. The van der Waals surface area contributed by atoms with Gasteiger partial charge in [-0.3, -0.25) is 4.79 Å². The zero-order chi connectivity index (χ0) is 8.43. The van der Waals surface area contributed by atoms with Crippen LogP contribution >= 0.6 is 11.5 Å². The Balaban J connectivity index is 3.06. The van der Waals surface area contributed by atoms with Crippen LogP contribution in [0.25, 0.3) is 0 Å². The number of amides is 1. The van der Waals surface area contributed by atoms with Crippen molar-refractivity contribution in [2.45, 2.75) is 19.8 Å². The molecule has 1 heterocycles. The second kappa shape index (κ2) is 2.96. The summed E-state index contributed by atoms with van der Waals surface area (Å²) in [6.07, 6.45) is 0. The zero-order valence-corrected chi connectivity index (χ0v) is 7.18. The highest BCUT2D eigenvalue weighted by molar-refractivity contribution is 7.05. The lowest BCUT2D eigenvalue weighted by molar-refractivity contribution is 0.0994. The number of aromatic nitrogens is 2. The van der Waals surface area contributed by atoms with Gasteiger partial charge in [0.1, 0.15) is 0 Å². The van der Waals surface area contributed by atoms with Crippen LogP contribution in [-0.2, 0) is 0 Å². The monoisotopic (exact) mass is 171 g/mol. The van der Waals surface area contributed by atoms with Crippen LogP contribution in [0.1, 0.15) is 35.1 Å². The lowest BCUT2D eigenvalue weighted by Crippen LogP contribution is -2.13. The van der Waals surface area contributed by atoms with E-state index in [4.69, 9.17) is 5.73 Å². The van der Waals surface area contributed by atoms with E-state index in [0.29, 0.717) is 5.69 Å². The summed E-state index contributed by atoms with van der Waals surface area (Å²) in [7, 11) is 0. The molecule has 11 heavy (non-hydrogen) atoms. The molecule has 4 nitrogen and oxygen atoms in total. The predicted molar refractivity (Wildman–Crippen MR) is 42.5 cm³/mol. The molecule has 0 aliphatic rings. The maximum absolute atomic E-state index is 10.7. The van der Waals surface area contributed by atoms with Crippen LogP contribution < -0.4 is 5.73 Å². The summed E-state index contributed by atoms with van der Waals surface area (Å²) in [6, 6.07) is 0. The first kappa shape index (κ1) is 8.13. The van der Waals surface area contributed by atoms with E-state index in [-0.39, 0.29) is 5.92 Å². The van der Waals surface area contributed by atoms with Crippen LogP contribution in [0.5, 0.6) is 0 Å². The van der Waals surface area contributed by atoms with Gasteiger partial charge in [0.15, 0.2) is 5.69 Å². The van der Waals surface area contributed by atoms with E-state index in [1.807, 2.05) is 13.8 Å². The summed E-state index contributed by atoms with van der Waals surface area (Å²) in [6.45, 7) is 3.95. The lowest BCUT2D eigenvalue weighted by atomic mass is 10.1. The minimum absolute atomic E-state index is 0.262. The third-order valence-corrected chi connectivity index (χ3v) is 2.30. The fraction of sp³-hybridized carbons (Fsp3) is 0.500. The summed E-state index contributed by atoms with van der Waals surface area (Å²) >= 11 is 1.22. The molecule has 0 saturated heterocycles. The highest BCUT2D eigenvalue weighted by atomic mass is 32.1. The summed E-state index contributed by atoms with van der Waals surface area (Å²) in [5.41, 5.74) is 5.37. The third kappa shape index (κ3) is 1.54. The van der Waals surface area contributed by atoms with Gasteiger partial charge in [0.2, 0.25) is 0 Å². The van der Waals surface area contributed by atoms with Gasteiger partial charge in [-0.1, -0.05) is 18.3 Å². The fourth-order valence-corrected chi connectivity index (χ4v) is 1.40. The molecule has 2 N–H and O–H groups in total. The van der Waals surface area contributed by atoms with Gasteiger partial charge in [-0.05, 0) is 17.5 Å². The second-order valence-electron chi connectivity index (χ2n) is 2.50. The first-order chi connectivity index (χ1) is 5.13. The predicted octanol–water partition coefficient (Wildman–Crippen LogP) is 0.760. The number of rotatable bonds is 2. The molecule has 0 spiro atoms. The Morgan fingerprint density at radius 3 is 2.64 bits per heavy atom. The molecule has 0 unspecified atom stereocenters. The number of nitrogens with two attached hydrogens (primary N) is 1. The standard InChI is InChI=1S/C6H9N3OS/c1-3(2)5-4(6(7)10)8-9-11-5/h3H,1-2H3,(H2,7,10). The third-order valence-electron chi connectivity index (χ3n) is 1.27. The van der Waals surface area contributed by atoms with Crippen LogP contribution in [-0.4, -0.2) is 15.5 Å². The molecule has 0 fully saturated rings. The molecule has 0 saturated carbocycles. The Labute approximate surface area is 68.6 Å². The van der Waals surface area contributed by atoms with E-state index < -0.39 is 5.91 Å². The van der Waals surface area contributed by atoms with Gasteiger partial charge in [-0.15, -0.1) is 5.10 Å². The minimum Gasteiger partial charge on any atom is -0.364 e. The van der Waals surface area contributed by atoms with Gasteiger partial charge >= 0.3 is 0 Å². The topological polar surface area (TPSA) is 68.9 Å². The first-order valence-corrected chi connectivity index (χ1v) is 4.02. The van der Waals surface area contributed by atoms with E-state index in [2.05, 4.69) is 9.59 Å². The van der Waals surface area contributed by atoms with Crippen LogP contribution in [0.4, 0.5) is 0 Å². The molecule has 1 aromatic heterocycles. The normalized spacial score (nSPS) is 10.5. The van der Waals surface area contributed by atoms with Crippen molar-refractivity contribution < 1.29 is 4.79 Å². The van der Waals surface area contributed by atoms with Crippen LogP contribution in [0, 0.1) is 0 Å². The molecular formula is C6H9N3OS. The molecule has 1 amide bonds. The van der Waals surface area contributed by atoms with Crippen molar-refractivity contribution in [2.24, 2.45) is 5.73 Å². The van der Waals surface area contributed by atoms with E-state index in [1.165, 1.54) is 11.5 Å². The zero-order valence-electron chi connectivity index (χ0n) is 6.37. The van der Waals surface area contributed by atoms with Crippen molar-refractivity contribution >= 4 is 17.4 Å². The summed E-state index contributed by atoms with van der Waals surface area (Å²) in [5.74, 6) is -0.236. The quantitative estimate of drug-likeness (QED) is 0.714. The van der Waals surface area contributed by atoms with Crippen LogP contribution in [0.2, 0.25) is 0 Å². The van der Waals surface area contributed by atoms with Crippen molar-refractivity contribution in [1.82, 2.24) is 9.59 Å². The molecule has 0 aliphatic carbocycles. The van der Waals surface area contributed by atoms with Crippen molar-refractivity contribution in [3.05, 3.63) is 10.6 Å². The summed E-state index contributed by atoms with van der Waals surface area (Å²) < 4.78 is 3.66. The molecule has 0 aromatic carbocycles. The van der Waals surface area contributed by atoms with Gasteiger partial charge in [0.05, 0.1) is 4.88 Å². The number of carbonyl (C=O) groups is 1. The van der Waals surface area contributed by atoms with Gasteiger partial charge < -0.3 is 5.73 Å². The molecule has 60 valence electrons. The van der Waals surface area contributed by atoms with E-state index in [0.717, 1.165) is 4.88 Å². The molecule has 0 atom stereocenters. The largest absolute Gasteiger partial charge is 0.364 e. The molecule has 1 aromatic rings. The number of carbonyl (C=O) groups excluding carboxylic acids is 1. The van der Waals surface area contributed by atoms with Gasteiger partial charge in [-0.2, -0.15) is 0 Å². The Morgan fingerprint density at radius 2 is 2.27 bits per heavy atom. The Kier molecular flexibility index (Phi) is 2.19. The van der Waals surface area contributed by atoms with Crippen molar-refractivity contribution in [2.75, 3.05) is 0 Å². The van der Waals surface area contributed by atoms with Crippen molar-refractivity contribution in [3.8, 4) is 0 Å². The van der Waals surface area contributed by atoms with Crippen LogP contribution in [0.15, 0.2) is 0 Å². The molecule has 0 radical (unpaired) electrons. The molecular weight excluding hydrogens is 162 g/mol. The van der Waals surface area contributed by atoms with E-state index >= 15 is 0 Å². The average Bonchev–Trinajstić information content (AvgIpc) is 2.32. The SMILES string of the molecule is CC(C)c1snnc1C(N)=O. The van der Waals surface area contributed by atoms with Gasteiger partial charge in [0.25, 0.3) is 5.91 Å². The minimum atomic E-state index is -0.498. The Bertz CT molecular complexity index is 269. The fourth-order valence-electron chi connectivity index (χ4n) is 0.747. The number of hydrogen-bond acceptors (Lipinski definition) is 4. The summed E-state index contributed by atoms with van der Waals surface area (Å²) in [4.78, 5) is 11.6. The number of nitrogens with zero attached hydrogens (tertiary/aromatic N) is 2. The molecule has 5 heteroatoms. The summed E-state index contributed by atoms with van der Waals surface area (Å²) in [5, 5.41) is 3.63. The van der Waals surface area contributed by atoms with Gasteiger partial charge in [0, 0.05) is 0 Å². The van der Waals surface area contributed by atoms with Gasteiger partial charge in [-0.25, -0.2) is 0 Å². The molecule has 0 aliphatic heterocycles. The maximum atomic E-state index is 10.7.